The Morgan fingerprint density at radius 1 is 1.00 bits per heavy atom. The second-order valence-corrected chi connectivity index (χ2v) is 5.16. The summed E-state index contributed by atoms with van der Waals surface area (Å²) in [6, 6.07) is 8.33. The van der Waals surface area contributed by atoms with E-state index in [1.165, 1.54) is 30.3 Å². The van der Waals surface area contributed by atoms with Crippen LogP contribution < -0.4 is 5.32 Å². The highest BCUT2D eigenvalue weighted by molar-refractivity contribution is 5.28. The maximum atomic E-state index is 13.7. The summed E-state index contributed by atoms with van der Waals surface area (Å²) in [6.07, 6.45) is 0.822. The molecule has 21 heavy (non-hydrogen) atoms. The number of hydrogen-bond donors (Lipinski definition) is 1. The summed E-state index contributed by atoms with van der Waals surface area (Å²) in [4.78, 5) is 0. The Morgan fingerprint density at radius 3 is 2.24 bits per heavy atom. The molecule has 1 nitrogen and oxygen atoms in total. The first-order valence-electron chi connectivity index (χ1n) is 6.86. The van der Waals surface area contributed by atoms with Gasteiger partial charge in [0, 0.05) is 11.6 Å². The van der Waals surface area contributed by atoms with Crippen molar-refractivity contribution in [2.24, 2.45) is 0 Å². The van der Waals surface area contributed by atoms with Crippen LogP contribution in [-0.4, -0.2) is 13.1 Å². The summed E-state index contributed by atoms with van der Waals surface area (Å²) in [5.41, 5.74) is 1.88. The zero-order valence-corrected chi connectivity index (χ0v) is 12.1. The van der Waals surface area contributed by atoms with E-state index in [1.54, 1.807) is 13.1 Å². The maximum Gasteiger partial charge on any atom is 0.129 e. The van der Waals surface area contributed by atoms with Crippen molar-refractivity contribution in [1.82, 2.24) is 5.32 Å². The van der Waals surface area contributed by atoms with Gasteiger partial charge in [-0.25, -0.2) is 13.2 Å². The van der Waals surface area contributed by atoms with Crippen LogP contribution in [0, 0.1) is 24.4 Å². The van der Waals surface area contributed by atoms with Crippen LogP contribution in [0.3, 0.4) is 0 Å². The molecule has 0 radical (unpaired) electrons. The fourth-order valence-electron chi connectivity index (χ4n) is 2.40. The number of hydrogen-bond acceptors (Lipinski definition) is 1. The first kappa shape index (κ1) is 15.6. The second kappa shape index (κ2) is 6.76. The van der Waals surface area contributed by atoms with Crippen LogP contribution in [0.1, 0.15) is 16.7 Å². The molecular weight excluding hydrogens is 275 g/mol. The van der Waals surface area contributed by atoms with Gasteiger partial charge in [-0.15, -0.1) is 0 Å². The standard InChI is InChI=1S/C17H18F3N/c1-11-8-13(18)7-6-12(11)9-14(21-2)10-15-16(19)4-3-5-17(15)20/h3-8,14,21H,9-10H2,1-2H3. The van der Waals surface area contributed by atoms with Crippen molar-refractivity contribution in [3.63, 3.8) is 0 Å². The first-order chi connectivity index (χ1) is 10.0. The summed E-state index contributed by atoms with van der Waals surface area (Å²) in [6.45, 7) is 1.83. The highest BCUT2D eigenvalue weighted by atomic mass is 19.1. The number of likely N-dealkylation sites (N-methyl/N-ethyl adjacent to an activating group) is 1. The third kappa shape index (κ3) is 3.85. The van der Waals surface area contributed by atoms with E-state index >= 15 is 0 Å². The summed E-state index contributed by atoms with van der Waals surface area (Å²) in [7, 11) is 1.75. The zero-order valence-electron chi connectivity index (χ0n) is 12.1. The molecule has 0 aliphatic heterocycles. The molecule has 0 aliphatic carbocycles. The smallest absolute Gasteiger partial charge is 0.129 e. The van der Waals surface area contributed by atoms with Crippen LogP contribution in [0.5, 0.6) is 0 Å². The van der Waals surface area contributed by atoms with Crippen LogP contribution in [0.4, 0.5) is 13.2 Å². The van der Waals surface area contributed by atoms with E-state index in [1.807, 2.05) is 6.92 Å². The molecule has 0 fully saturated rings. The normalized spacial score (nSPS) is 12.4. The van der Waals surface area contributed by atoms with Crippen LogP contribution in [0.25, 0.3) is 0 Å². The van der Waals surface area contributed by atoms with Crippen molar-refractivity contribution in [3.05, 3.63) is 70.5 Å². The Kier molecular flexibility index (Phi) is 5.02. The van der Waals surface area contributed by atoms with Gasteiger partial charge in [0.25, 0.3) is 0 Å². The van der Waals surface area contributed by atoms with Crippen LogP contribution in [-0.2, 0) is 12.8 Å². The number of halogens is 3. The summed E-state index contributed by atoms with van der Waals surface area (Å²) < 4.78 is 40.5. The molecule has 0 amide bonds. The quantitative estimate of drug-likeness (QED) is 0.884. The molecule has 0 saturated carbocycles. The molecule has 0 saturated heterocycles. The maximum absolute atomic E-state index is 13.7. The minimum absolute atomic E-state index is 0.0802. The van der Waals surface area contributed by atoms with Crippen LogP contribution >= 0.6 is 0 Å². The van der Waals surface area contributed by atoms with E-state index in [0.29, 0.717) is 6.42 Å². The minimum atomic E-state index is -0.536. The first-order valence-corrected chi connectivity index (χ1v) is 6.86. The molecule has 0 heterocycles. The minimum Gasteiger partial charge on any atom is -0.316 e. The topological polar surface area (TPSA) is 12.0 Å². The molecule has 2 rings (SSSR count). The molecule has 2 aromatic rings. The van der Waals surface area contributed by atoms with Gasteiger partial charge in [0.15, 0.2) is 0 Å². The fourth-order valence-corrected chi connectivity index (χ4v) is 2.40. The van der Waals surface area contributed by atoms with Gasteiger partial charge in [-0.3, -0.25) is 0 Å². The highest BCUT2D eigenvalue weighted by Crippen LogP contribution is 2.18. The molecule has 112 valence electrons. The van der Waals surface area contributed by atoms with E-state index in [9.17, 15) is 13.2 Å². The van der Waals surface area contributed by atoms with Gasteiger partial charge in [-0.2, -0.15) is 0 Å². The van der Waals surface area contributed by atoms with Crippen molar-refractivity contribution in [2.75, 3.05) is 7.05 Å². The van der Waals surface area contributed by atoms with Crippen LogP contribution in [0.2, 0.25) is 0 Å². The van der Waals surface area contributed by atoms with Gasteiger partial charge in [-0.05, 0) is 62.2 Å². The molecule has 1 unspecified atom stereocenters. The predicted octanol–water partition coefficient (Wildman–Crippen LogP) is 3.79. The predicted molar refractivity (Wildman–Crippen MR) is 77.8 cm³/mol. The van der Waals surface area contributed by atoms with Gasteiger partial charge in [-0.1, -0.05) is 12.1 Å². The van der Waals surface area contributed by atoms with Gasteiger partial charge >= 0.3 is 0 Å². The molecule has 0 aliphatic rings. The van der Waals surface area contributed by atoms with E-state index in [2.05, 4.69) is 5.32 Å². The summed E-state index contributed by atoms with van der Waals surface area (Å²) in [5, 5.41) is 3.07. The Morgan fingerprint density at radius 2 is 1.67 bits per heavy atom. The number of nitrogens with one attached hydrogen (secondary N) is 1. The van der Waals surface area contributed by atoms with Gasteiger partial charge < -0.3 is 5.32 Å². The van der Waals surface area contributed by atoms with Crippen molar-refractivity contribution in [3.8, 4) is 0 Å². The van der Waals surface area contributed by atoms with Gasteiger partial charge in [0.1, 0.15) is 17.5 Å². The third-order valence-corrected chi connectivity index (χ3v) is 3.69. The highest BCUT2D eigenvalue weighted by Gasteiger charge is 2.16. The van der Waals surface area contributed by atoms with Crippen molar-refractivity contribution in [2.45, 2.75) is 25.8 Å². The average Bonchev–Trinajstić information content (AvgIpc) is 2.44. The number of benzene rings is 2. The molecule has 4 heteroatoms. The lowest BCUT2D eigenvalue weighted by atomic mass is 9.96. The summed E-state index contributed by atoms with van der Waals surface area (Å²) >= 11 is 0. The molecule has 0 aromatic heterocycles. The van der Waals surface area contributed by atoms with E-state index in [-0.39, 0.29) is 23.8 Å². The fraction of sp³-hybridized carbons (Fsp3) is 0.294. The van der Waals surface area contributed by atoms with Crippen molar-refractivity contribution < 1.29 is 13.2 Å². The Bertz CT molecular complexity index is 605. The summed E-state index contributed by atoms with van der Waals surface area (Å²) in [5.74, 6) is -1.35. The lowest BCUT2D eigenvalue weighted by molar-refractivity contribution is 0.501. The Hall–Kier alpha value is -1.81. The molecule has 1 N–H and O–H groups in total. The van der Waals surface area contributed by atoms with E-state index in [0.717, 1.165) is 11.1 Å². The van der Waals surface area contributed by atoms with Gasteiger partial charge in [0.2, 0.25) is 0 Å². The molecule has 2 aromatic carbocycles. The lowest BCUT2D eigenvalue weighted by Gasteiger charge is -2.18. The SMILES string of the molecule is CNC(Cc1ccc(F)cc1C)Cc1c(F)cccc1F. The molecule has 0 spiro atoms. The van der Waals surface area contributed by atoms with Crippen LogP contribution in [0.15, 0.2) is 36.4 Å². The van der Waals surface area contributed by atoms with E-state index < -0.39 is 11.6 Å². The average molecular weight is 293 g/mol. The second-order valence-electron chi connectivity index (χ2n) is 5.16. The monoisotopic (exact) mass is 293 g/mol. The van der Waals surface area contributed by atoms with Crippen molar-refractivity contribution in [1.29, 1.82) is 0 Å². The number of rotatable bonds is 5. The molecule has 0 bridgehead atoms. The number of aryl methyl sites for hydroxylation is 1. The third-order valence-electron chi connectivity index (χ3n) is 3.69. The molecule has 1 atom stereocenters. The Balaban J connectivity index is 2.17. The zero-order chi connectivity index (χ0) is 15.4. The lowest BCUT2D eigenvalue weighted by Crippen LogP contribution is -2.31. The Labute approximate surface area is 122 Å². The van der Waals surface area contributed by atoms with Crippen molar-refractivity contribution >= 4 is 0 Å². The van der Waals surface area contributed by atoms with Gasteiger partial charge in [0.05, 0.1) is 0 Å². The largest absolute Gasteiger partial charge is 0.316 e. The molecular formula is C17H18F3N. The van der Waals surface area contributed by atoms with E-state index in [4.69, 9.17) is 0 Å².